The first-order valence-electron chi connectivity index (χ1n) is 11.2. The summed E-state index contributed by atoms with van der Waals surface area (Å²) in [6, 6.07) is 14.3. The average molecular weight is 468 g/mol. The van der Waals surface area contributed by atoms with Crippen molar-refractivity contribution in [2.24, 2.45) is 5.92 Å². The molecular weight excluding hydrogens is 438 g/mol. The Kier molecular flexibility index (Phi) is 6.95. The number of hydrogen-bond acceptors (Lipinski definition) is 5. The monoisotopic (exact) mass is 467 g/mol. The molecule has 33 heavy (non-hydrogen) atoms. The van der Waals surface area contributed by atoms with Crippen molar-refractivity contribution in [3.63, 3.8) is 0 Å². The van der Waals surface area contributed by atoms with Crippen molar-refractivity contribution in [2.45, 2.75) is 44.4 Å². The molecule has 1 atom stereocenters. The van der Waals surface area contributed by atoms with E-state index < -0.39 is 10.0 Å². The van der Waals surface area contributed by atoms with Crippen molar-refractivity contribution in [1.29, 1.82) is 0 Å². The van der Waals surface area contributed by atoms with Gasteiger partial charge in [0.2, 0.25) is 15.9 Å². The minimum absolute atomic E-state index is 0.189. The van der Waals surface area contributed by atoms with Crippen LogP contribution in [0.4, 0.5) is 5.69 Å². The van der Waals surface area contributed by atoms with Crippen LogP contribution in [0, 0.1) is 12.8 Å². The summed E-state index contributed by atoms with van der Waals surface area (Å²) in [5.74, 6) is 1.34. The van der Waals surface area contributed by atoms with E-state index in [-0.39, 0.29) is 17.2 Å². The molecule has 3 aromatic rings. The number of rotatable bonds is 7. The van der Waals surface area contributed by atoms with Crippen LogP contribution in [0.15, 0.2) is 64.0 Å². The Morgan fingerprint density at radius 3 is 2.58 bits per heavy atom. The van der Waals surface area contributed by atoms with Gasteiger partial charge in [0.15, 0.2) is 11.7 Å². The lowest BCUT2D eigenvalue weighted by Gasteiger charge is -2.30. The number of carbonyl (C=O) groups excluding carboxylic acids is 1. The van der Waals surface area contributed by atoms with Crippen LogP contribution < -0.4 is 5.32 Å². The van der Waals surface area contributed by atoms with Crippen molar-refractivity contribution < 1.29 is 17.6 Å². The van der Waals surface area contributed by atoms with Crippen LogP contribution in [0.5, 0.6) is 0 Å². The van der Waals surface area contributed by atoms with Gasteiger partial charge in [-0.3, -0.25) is 4.79 Å². The fourth-order valence-corrected chi connectivity index (χ4v) is 5.54. The highest BCUT2D eigenvalue weighted by molar-refractivity contribution is 7.89. The van der Waals surface area contributed by atoms with Crippen molar-refractivity contribution in [2.75, 3.05) is 18.4 Å². The second kappa shape index (κ2) is 9.89. The number of piperidine rings is 1. The molecule has 2 aromatic carbocycles. The molecule has 1 N–H and O–H groups in total. The van der Waals surface area contributed by atoms with Crippen LogP contribution in [0.1, 0.15) is 37.6 Å². The van der Waals surface area contributed by atoms with Crippen molar-refractivity contribution in [3.05, 3.63) is 66.2 Å². The van der Waals surface area contributed by atoms with E-state index in [0.29, 0.717) is 42.8 Å². The van der Waals surface area contributed by atoms with Crippen LogP contribution in [0.25, 0.3) is 11.3 Å². The van der Waals surface area contributed by atoms with Gasteiger partial charge in [-0.25, -0.2) is 13.4 Å². The maximum absolute atomic E-state index is 12.9. The van der Waals surface area contributed by atoms with E-state index in [1.807, 2.05) is 31.2 Å². The smallest absolute Gasteiger partial charge is 0.243 e. The maximum atomic E-state index is 12.9. The third-order valence-electron chi connectivity index (χ3n) is 5.85. The number of carbonyl (C=O) groups is 1. The fraction of sp³-hybridized carbons (Fsp3) is 0.360. The largest absolute Gasteiger partial charge is 0.441 e. The molecule has 1 aliphatic heterocycles. The summed E-state index contributed by atoms with van der Waals surface area (Å²) in [6.07, 6.45) is 4.18. The predicted molar refractivity (Wildman–Crippen MR) is 127 cm³/mol. The van der Waals surface area contributed by atoms with E-state index in [1.165, 1.54) is 5.56 Å². The first-order valence-corrected chi connectivity index (χ1v) is 12.7. The molecule has 7 nitrogen and oxygen atoms in total. The summed E-state index contributed by atoms with van der Waals surface area (Å²) in [5.41, 5.74) is 2.67. The predicted octanol–water partition coefficient (Wildman–Crippen LogP) is 4.64. The SMILES string of the molecule is Cc1ccc(-c2cnc(CCC(=O)Nc3ccc(S(=O)(=O)N4CCCC(C)C4)cc3)o2)cc1. The number of oxazole rings is 1. The highest BCUT2D eigenvalue weighted by atomic mass is 32.2. The van der Waals surface area contributed by atoms with Crippen LogP contribution in [-0.4, -0.2) is 36.7 Å². The van der Waals surface area contributed by atoms with Gasteiger partial charge in [0.25, 0.3) is 0 Å². The molecule has 1 unspecified atom stereocenters. The number of nitrogens with zero attached hydrogens (tertiary/aromatic N) is 2. The zero-order valence-electron chi connectivity index (χ0n) is 19.0. The Morgan fingerprint density at radius 2 is 1.88 bits per heavy atom. The average Bonchev–Trinajstić information content (AvgIpc) is 3.28. The molecule has 8 heteroatoms. The fourth-order valence-electron chi connectivity index (χ4n) is 3.94. The number of anilines is 1. The Morgan fingerprint density at radius 1 is 1.15 bits per heavy atom. The third kappa shape index (κ3) is 5.69. The number of nitrogens with one attached hydrogen (secondary N) is 1. The van der Waals surface area contributed by atoms with E-state index in [4.69, 9.17) is 4.42 Å². The molecule has 1 saturated heterocycles. The Hall–Kier alpha value is -2.97. The van der Waals surface area contributed by atoms with E-state index in [1.54, 1.807) is 34.8 Å². The standard InChI is InChI=1S/C25H29N3O4S/c1-18-5-7-20(8-6-18)23-16-26-25(32-23)14-13-24(29)27-21-9-11-22(12-10-21)33(30,31)28-15-3-4-19(2)17-28/h5-12,16,19H,3-4,13-15,17H2,1-2H3,(H,27,29). The van der Waals surface area contributed by atoms with Gasteiger partial charge in [-0.2, -0.15) is 4.31 Å². The minimum atomic E-state index is -3.51. The van der Waals surface area contributed by atoms with Gasteiger partial charge in [0, 0.05) is 37.2 Å². The van der Waals surface area contributed by atoms with Crippen LogP contribution in [0.2, 0.25) is 0 Å². The zero-order chi connectivity index (χ0) is 23.4. The normalized spacial score (nSPS) is 17.1. The number of hydrogen-bond donors (Lipinski definition) is 1. The second-order valence-corrected chi connectivity index (χ2v) is 10.6. The molecule has 4 rings (SSSR count). The zero-order valence-corrected chi connectivity index (χ0v) is 19.8. The molecule has 1 fully saturated rings. The summed E-state index contributed by atoms with van der Waals surface area (Å²) in [4.78, 5) is 16.9. The van der Waals surface area contributed by atoms with E-state index >= 15 is 0 Å². The van der Waals surface area contributed by atoms with Crippen molar-refractivity contribution in [1.82, 2.24) is 9.29 Å². The van der Waals surface area contributed by atoms with Gasteiger partial charge in [0.1, 0.15) is 0 Å². The lowest BCUT2D eigenvalue weighted by molar-refractivity contribution is -0.116. The number of aryl methyl sites for hydroxylation is 2. The molecule has 174 valence electrons. The summed E-state index contributed by atoms with van der Waals surface area (Å²) in [6.45, 7) is 5.20. The lowest BCUT2D eigenvalue weighted by Crippen LogP contribution is -2.39. The number of aromatic nitrogens is 1. The van der Waals surface area contributed by atoms with E-state index in [9.17, 15) is 13.2 Å². The summed E-state index contributed by atoms with van der Waals surface area (Å²) >= 11 is 0. The Labute approximate surface area is 194 Å². The van der Waals surface area contributed by atoms with E-state index in [0.717, 1.165) is 18.4 Å². The lowest BCUT2D eigenvalue weighted by atomic mass is 10.0. The first kappa shape index (κ1) is 23.2. The highest BCUT2D eigenvalue weighted by Crippen LogP contribution is 2.25. The molecule has 1 aromatic heterocycles. The number of sulfonamides is 1. The summed E-state index contributed by atoms with van der Waals surface area (Å²) in [5, 5.41) is 2.81. The topological polar surface area (TPSA) is 92.5 Å². The summed E-state index contributed by atoms with van der Waals surface area (Å²) in [7, 11) is -3.51. The molecule has 2 heterocycles. The van der Waals surface area contributed by atoms with Gasteiger partial charge < -0.3 is 9.73 Å². The maximum Gasteiger partial charge on any atom is 0.243 e. The first-order chi connectivity index (χ1) is 15.8. The number of benzene rings is 2. The molecule has 0 spiro atoms. The molecule has 0 saturated carbocycles. The van der Waals surface area contributed by atoms with Crippen molar-refractivity contribution in [3.8, 4) is 11.3 Å². The van der Waals surface area contributed by atoms with E-state index in [2.05, 4.69) is 17.2 Å². The molecule has 1 amide bonds. The van der Waals surface area contributed by atoms with Gasteiger partial charge in [0.05, 0.1) is 11.1 Å². The van der Waals surface area contributed by atoms with Crippen molar-refractivity contribution >= 4 is 21.6 Å². The van der Waals surface area contributed by atoms with Crippen LogP contribution in [-0.2, 0) is 21.2 Å². The molecule has 0 bridgehead atoms. The Balaban J connectivity index is 1.31. The Bertz CT molecular complexity index is 1200. The molecule has 1 aliphatic rings. The van der Waals surface area contributed by atoms with Gasteiger partial charge in [-0.15, -0.1) is 0 Å². The van der Waals surface area contributed by atoms with Gasteiger partial charge in [-0.05, 0) is 49.9 Å². The van der Waals surface area contributed by atoms with Gasteiger partial charge >= 0.3 is 0 Å². The molecular formula is C25H29N3O4S. The third-order valence-corrected chi connectivity index (χ3v) is 7.73. The molecule has 0 aliphatic carbocycles. The second-order valence-electron chi connectivity index (χ2n) is 8.67. The van der Waals surface area contributed by atoms with Crippen LogP contribution in [0.3, 0.4) is 0 Å². The summed E-state index contributed by atoms with van der Waals surface area (Å²) < 4.78 is 33.1. The number of amides is 1. The highest BCUT2D eigenvalue weighted by Gasteiger charge is 2.28. The quantitative estimate of drug-likeness (QED) is 0.546. The van der Waals surface area contributed by atoms with Crippen LogP contribution >= 0.6 is 0 Å². The van der Waals surface area contributed by atoms with Gasteiger partial charge in [-0.1, -0.05) is 36.8 Å². The molecule has 0 radical (unpaired) electrons. The minimum Gasteiger partial charge on any atom is -0.441 e.